The Labute approximate surface area is 161 Å². The molecule has 1 aromatic carbocycles. The lowest BCUT2D eigenvalue weighted by Gasteiger charge is -2.12. The Morgan fingerprint density at radius 1 is 1.26 bits per heavy atom. The highest BCUT2D eigenvalue weighted by atomic mass is 35.5. The van der Waals surface area contributed by atoms with Gasteiger partial charge in [-0.05, 0) is 24.1 Å². The number of fused-ring (bicyclic) bond motifs is 1. The summed E-state index contributed by atoms with van der Waals surface area (Å²) in [5, 5.41) is 9.94. The van der Waals surface area contributed by atoms with Gasteiger partial charge in [0.15, 0.2) is 17.0 Å². The Balaban J connectivity index is 1.68. The van der Waals surface area contributed by atoms with Crippen LogP contribution in [0.3, 0.4) is 0 Å². The molecule has 0 amide bonds. The number of hydrogen-bond donors (Lipinski definition) is 2. The van der Waals surface area contributed by atoms with Crippen molar-refractivity contribution in [3.63, 3.8) is 0 Å². The minimum atomic E-state index is -0.239. The summed E-state index contributed by atoms with van der Waals surface area (Å²) >= 11 is 5.89. The van der Waals surface area contributed by atoms with E-state index in [0.717, 1.165) is 5.56 Å². The second-order valence-corrected chi connectivity index (χ2v) is 6.49. The second-order valence-electron chi connectivity index (χ2n) is 6.06. The van der Waals surface area contributed by atoms with Gasteiger partial charge >= 0.3 is 6.01 Å². The number of aliphatic hydroxyl groups is 1. The smallest absolute Gasteiger partial charge is 0.320 e. The van der Waals surface area contributed by atoms with Crippen LogP contribution in [0.5, 0.6) is 6.01 Å². The van der Waals surface area contributed by atoms with Crippen molar-refractivity contribution in [3.05, 3.63) is 41.2 Å². The monoisotopic (exact) mass is 391 g/mol. The summed E-state index contributed by atoms with van der Waals surface area (Å²) in [5.41, 5.74) is 8.22. The van der Waals surface area contributed by atoms with Gasteiger partial charge < -0.3 is 24.9 Å². The van der Waals surface area contributed by atoms with Crippen LogP contribution in [-0.4, -0.2) is 51.1 Å². The van der Waals surface area contributed by atoms with Crippen LogP contribution in [-0.2, 0) is 17.7 Å². The van der Waals surface area contributed by atoms with E-state index in [-0.39, 0.29) is 24.5 Å². The van der Waals surface area contributed by atoms with Crippen LogP contribution in [0.1, 0.15) is 12.0 Å². The van der Waals surface area contributed by atoms with Gasteiger partial charge in [0.25, 0.3) is 0 Å². The fraction of sp³-hybridized carbons (Fsp3) is 0.389. The highest BCUT2D eigenvalue weighted by Gasteiger charge is 2.14. The quantitative estimate of drug-likeness (QED) is 0.574. The molecule has 9 heteroatoms. The first-order valence-corrected chi connectivity index (χ1v) is 8.97. The average Bonchev–Trinajstić information content (AvgIpc) is 3.08. The number of hydrogen-bond acceptors (Lipinski definition) is 7. The molecular formula is C18H22ClN5O3. The van der Waals surface area contributed by atoms with Crippen LogP contribution in [0.2, 0.25) is 5.02 Å². The zero-order chi connectivity index (χ0) is 19.2. The van der Waals surface area contributed by atoms with Gasteiger partial charge in [-0.3, -0.25) is 0 Å². The van der Waals surface area contributed by atoms with Crippen molar-refractivity contribution in [3.8, 4) is 6.01 Å². The highest BCUT2D eigenvalue weighted by Crippen LogP contribution is 2.20. The molecule has 0 aliphatic heterocycles. The molecule has 0 aliphatic carbocycles. The number of anilines is 1. The first-order valence-electron chi connectivity index (χ1n) is 8.60. The van der Waals surface area contributed by atoms with Crippen molar-refractivity contribution in [2.75, 3.05) is 26.1 Å². The number of methoxy groups -OCH3 is 1. The van der Waals surface area contributed by atoms with Crippen LogP contribution in [0.25, 0.3) is 11.2 Å². The zero-order valence-electron chi connectivity index (χ0n) is 15.0. The van der Waals surface area contributed by atoms with Crippen molar-refractivity contribution in [2.45, 2.75) is 25.5 Å². The largest absolute Gasteiger partial charge is 0.463 e. The van der Waals surface area contributed by atoms with E-state index < -0.39 is 0 Å². The number of ether oxygens (including phenoxy) is 2. The minimum Gasteiger partial charge on any atom is -0.463 e. The molecule has 3 rings (SSSR count). The number of aliphatic hydroxyl groups excluding tert-OH is 1. The molecular weight excluding hydrogens is 370 g/mol. The first-order chi connectivity index (χ1) is 13.1. The highest BCUT2D eigenvalue weighted by molar-refractivity contribution is 6.30. The molecule has 2 aromatic heterocycles. The van der Waals surface area contributed by atoms with E-state index in [1.807, 2.05) is 28.8 Å². The van der Waals surface area contributed by atoms with Gasteiger partial charge in [-0.1, -0.05) is 23.7 Å². The predicted molar refractivity (Wildman–Crippen MR) is 103 cm³/mol. The third kappa shape index (κ3) is 4.85. The summed E-state index contributed by atoms with van der Waals surface area (Å²) < 4.78 is 12.7. The summed E-state index contributed by atoms with van der Waals surface area (Å²) in [4.78, 5) is 12.9. The molecule has 2 heterocycles. The van der Waals surface area contributed by atoms with Crippen molar-refractivity contribution in [1.82, 2.24) is 19.5 Å². The predicted octanol–water partition coefficient (Wildman–Crippen LogP) is 2.08. The van der Waals surface area contributed by atoms with Gasteiger partial charge in [-0.15, -0.1) is 0 Å². The van der Waals surface area contributed by atoms with E-state index >= 15 is 0 Å². The lowest BCUT2D eigenvalue weighted by molar-refractivity contribution is 0.0405. The van der Waals surface area contributed by atoms with Gasteiger partial charge in [-0.2, -0.15) is 9.97 Å². The maximum atomic E-state index is 9.24. The summed E-state index contributed by atoms with van der Waals surface area (Å²) in [6.45, 7) is 0.951. The standard InChI is InChI=1S/C18H22ClN5O3/c1-26-14(10-25)6-8-24-11-21-15-16(20)22-18(23-17(15)24)27-9-7-12-2-4-13(19)5-3-12/h2-5,11,14,25H,6-10H2,1H3,(H2,20,22,23). The van der Waals surface area contributed by atoms with Crippen LogP contribution < -0.4 is 10.5 Å². The molecule has 0 fully saturated rings. The number of aryl methyl sites for hydroxylation is 1. The topological polar surface area (TPSA) is 108 Å². The minimum absolute atomic E-state index is 0.0423. The molecule has 144 valence electrons. The molecule has 27 heavy (non-hydrogen) atoms. The van der Waals surface area contributed by atoms with Crippen molar-refractivity contribution < 1.29 is 14.6 Å². The summed E-state index contributed by atoms with van der Waals surface area (Å²) in [6.07, 6.45) is 2.73. The molecule has 0 bridgehead atoms. The Kier molecular flexibility index (Phi) is 6.44. The van der Waals surface area contributed by atoms with Gasteiger partial charge in [0.2, 0.25) is 0 Å². The Hall–Kier alpha value is -2.42. The number of rotatable bonds is 9. The molecule has 0 saturated heterocycles. The third-order valence-electron chi connectivity index (χ3n) is 4.23. The molecule has 0 spiro atoms. The molecule has 1 unspecified atom stereocenters. The first kappa shape index (κ1) is 19.3. The fourth-order valence-corrected chi connectivity index (χ4v) is 2.78. The second kappa shape index (κ2) is 8.98. The lowest BCUT2D eigenvalue weighted by Crippen LogP contribution is -2.18. The van der Waals surface area contributed by atoms with Gasteiger partial charge in [0.05, 0.1) is 25.6 Å². The molecule has 0 aliphatic rings. The van der Waals surface area contributed by atoms with Gasteiger partial charge in [-0.25, -0.2) is 4.98 Å². The molecule has 3 N–H and O–H groups in total. The van der Waals surface area contributed by atoms with Crippen molar-refractivity contribution in [2.24, 2.45) is 0 Å². The van der Waals surface area contributed by atoms with Crippen LogP contribution >= 0.6 is 11.6 Å². The molecule has 0 saturated carbocycles. The number of benzene rings is 1. The summed E-state index contributed by atoms with van der Waals surface area (Å²) in [5.74, 6) is 0.269. The van der Waals surface area contributed by atoms with Gasteiger partial charge in [0, 0.05) is 25.1 Å². The molecule has 3 aromatic rings. The number of nitrogens with two attached hydrogens (primary N) is 1. The maximum Gasteiger partial charge on any atom is 0.320 e. The van der Waals surface area contributed by atoms with E-state index in [0.29, 0.717) is 42.2 Å². The van der Waals surface area contributed by atoms with E-state index in [1.165, 1.54) is 0 Å². The number of nitrogens with zero attached hydrogens (tertiary/aromatic N) is 4. The molecule has 1 atom stereocenters. The number of imidazole rings is 1. The number of nitrogen functional groups attached to an aromatic ring is 1. The Morgan fingerprint density at radius 2 is 2.04 bits per heavy atom. The van der Waals surface area contributed by atoms with Crippen molar-refractivity contribution in [1.29, 1.82) is 0 Å². The third-order valence-corrected chi connectivity index (χ3v) is 4.49. The summed E-state index contributed by atoms with van der Waals surface area (Å²) in [7, 11) is 1.57. The fourth-order valence-electron chi connectivity index (χ4n) is 2.65. The lowest BCUT2D eigenvalue weighted by atomic mass is 10.2. The average molecular weight is 392 g/mol. The molecule has 8 nitrogen and oxygen atoms in total. The maximum absolute atomic E-state index is 9.24. The summed E-state index contributed by atoms with van der Waals surface area (Å²) in [6, 6.07) is 7.80. The van der Waals surface area contributed by atoms with Crippen LogP contribution in [0.15, 0.2) is 30.6 Å². The van der Waals surface area contributed by atoms with E-state index in [1.54, 1.807) is 13.4 Å². The van der Waals surface area contributed by atoms with E-state index in [2.05, 4.69) is 15.0 Å². The van der Waals surface area contributed by atoms with Crippen LogP contribution in [0.4, 0.5) is 5.82 Å². The zero-order valence-corrected chi connectivity index (χ0v) is 15.8. The van der Waals surface area contributed by atoms with Crippen molar-refractivity contribution >= 4 is 28.6 Å². The van der Waals surface area contributed by atoms with E-state index in [9.17, 15) is 5.11 Å². The number of halogens is 1. The molecule has 0 radical (unpaired) electrons. The normalized spacial score (nSPS) is 12.4. The van der Waals surface area contributed by atoms with Crippen LogP contribution in [0, 0.1) is 0 Å². The number of aromatic nitrogens is 4. The SMILES string of the molecule is COC(CO)CCn1cnc2c(N)nc(OCCc3ccc(Cl)cc3)nc21. The van der Waals surface area contributed by atoms with E-state index in [4.69, 9.17) is 26.8 Å². The Bertz CT molecular complexity index is 881. The van der Waals surface area contributed by atoms with Gasteiger partial charge in [0.1, 0.15) is 0 Å². The Morgan fingerprint density at radius 3 is 2.74 bits per heavy atom.